The molecule has 40 heavy (non-hydrogen) atoms. The van der Waals surface area contributed by atoms with Crippen molar-refractivity contribution in [1.82, 2.24) is 4.90 Å². The van der Waals surface area contributed by atoms with E-state index in [2.05, 4.69) is 13.2 Å². The molecule has 3 aliphatic rings. The maximum absolute atomic E-state index is 14.5. The molecule has 3 heterocycles. The Morgan fingerprint density at radius 1 is 1.18 bits per heavy atom. The molecule has 3 aliphatic heterocycles. The molecule has 3 saturated heterocycles. The first-order valence-electron chi connectivity index (χ1n) is 14.4. The fourth-order valence-corrected chi connectivity index (χ4v) is 6.99. The number of rotatable bonds is 15. The summed E-state index contributed by atoms with van der Waals surface area (Å²) >= 11 is 6.11. The number of hydrogen-bond donors (Lipinski definition) is 1. The Balaban J connectivity index is 1.71. The standard InChI is InChI=1S/C31H41ClN2O6/c1-4-7-8-11-21-39-29(38)25-24-27(36)34(19-9-10-20-35)26(31(24)17-16-30(25,6-3)40-31)28(37)33(18-5-2)23-14-12-22(32)13-15-23/h4-5,12-15,24-26,35H,1-2,6-11,16-21H2,3H3/t24-,25+,26?,30-,31?/m0/s1. The minimum Gasteiger partial charge on any atom is -0.465 e. The lowest BCUT2D eigenvalue weighted by molar-refractivity contribution is -0.161. The molecule has 2 unspecified atom stereocenters. The average molecular weight is 573 g/mol. The first-order valence-corrected chi connectivity index (χ1v) is 14.7. The lowest BCUT2D eigenvalue weighted by Crippen LogP contribution is -2.56. The van der Waals surface area contributed by atoms with E-state index in [1.807, 2.05) is 13.0 Å². The third-order valence-electron chi connectivity index (χ3n) is 8.74. The summed E-state index contributed by atoms with van der Waals surface area (Å²) in [5.41, 5.74) is -1.36. The van der Waals surface area contributed by atoms with Gasteiger partial charge in [0.15, 0.2) is 0 Å². The van der Waals surface area contributed by atoms with Gasteiger partial charge in [0.1, 0.15) is 17.6 Å². The fraction of sp³-hybridized carbons (Fsp3) is 0.581. The number of carbonyl (C=O) groups excluding carboxylic acids is 3. The molecule has 0 radical (unpaired) electrons. The Hall–Kier alpha value is -2.68. The van der Waals surface area contributed by atoms with Gasteiger partial charge in [-0.25, -0.2) is 0 Å². The van der Waals surface area contributed by atoms with Crippen molar-refractivity contribution in [3.8, 4) is 0 Å². The van der Waals surface area contributed by atoms with E-state index in [1.54, 1.807) is 40.1 Å². The molecule has 9 heteroatoms. The van der Waals surface area contributed by atoms with Crippen LogP contribution in [0.4, 0.5) is 5.69 Å². The molecule has 1 aromatic rings. The molecule has 5 atom stereocenters. The van der Waals surface area contributed by atoms with Crippen molar-refractivity contribution >= 4 is 35.1 Å². The minimum atomic E-state index is -1.14. The lowest BCUT2D eigenvalue weighted by atomic mass is 9.65. The molecule has 8 nitrogen and oxygen atoms in total. The summed E-state index contributed by atoms with van der Waals surface area (Å²) in [7, 11) is 0. The van der Waals surface area contributed by atoms with E-state index in [9.17, 15) is 19.5 Å². The number of benzene rings is 1. The van der Waals surface area contributed by atoms with Crippen LogP contribution in [0, 0.1) is 11.8 Å². The minimum absolute atomic E-state index is 0.0151. The highest BCUT2D eigenvalue weighted by atomic mass is 35.5. The van der Waals surface area contributed by atoms with Crippen LogP contribution in [0.25, 0.3) is 0 Å². The van der Waals surface area contributed by atoms with E-state index in [0.29, 0.717) is 49.2 Å². The number of ether oxygens (including phenoxy) is 2. The van der Waals surface area contributed by atoms with Crippen molar-refractivity contribution < 1.29 is 29.0 Å². The molecular formula is C31H41ClN2O6. The van der Waals surface area contributed by atoms with Crippen LogP contribution in [0.3, 0.4) is 0 Å². The first-order chi connectivity index (χ1) is 19.3. The highest BCUT2D eigenvalue weighted by Crippen LogP contribution is 2.64. The maximum atomic E-state index is 14.5. The van der Waals surface area contributed by atoms with E-state index in [0.717, 1.165) is 12.8 Å². The summed E-state index contributed by atoms with van der Waals surface area (Å²) in [6, 6.07) is 6.03. The van der Waals surface area contributed by atoms with E-state index < -0.39 is 35.0 Å². The maximum Gasteiger partial charge on any atom is 0.312 e. The molecule has 0 aliphatic carbocycles. The van der Waals surface area contributed by atoms with Crippen LogP contribution in [-0.2, 0) is 23.9 Å². The number of hydrogen-bond acceptors (Lipinski definition) is 6. The monoisotopic (exact) mass is 572 g/mol. The zero-order valence-corrected chi connectivity index (χ0v) is 24.1. The largest absolute Gasteiger partial charge is 0.465 e. The van der Waals surface area contributed by atoms with Crippen molar-refractivity contribution in [3.05, 3.63) is 54.6 Å². The molecule has 2 amide bonds. The lowest BCUT2D eigenvalue weighted by Gasteiger charge is -2.37. The van der Waals surface area contributed by atoms with Crippen molar-refractivity contribution in [1.29, 1.82) is 0 Å². The smallest absolute Gasteiger partial charge is 0.312 e. The predicted molar refractivity (Wildman–Crippen MR) is 154 cm³/mol. The van der Waals surface area contributed by atoms with Crippen LogP contribution in [0.1, 0.15) is 58.3 Å². The molecule has 2 bridgehead atoms. The number of aliphatic hydroxyl groups is 1. The quantitative estimate of drug-likeness (QED) is 0.186. The van der Waals surface area contributed by atoms with Gasteiger partial charge in [0, 0.05) is 30.4 Å². The van der Waals surface area contributed by atoms with Crippen LogP contribution in [0.5, 0.6) is 0 Å². The zero-order valence-electron chi connectivity index (χ0n) is 23.4. The molecule has 1 aromatic carbocycles. The van der Waals surface area contributed by atoms with Gasteiger partial charge < -0.3 is 24.4 Å². The van der Waals surface area contributed by atoms with Gasteiger partial charge in [-0.1, -0.05) is 30.7 Å². The van der Waals surface area contributed by atoms with Gasteiger partial charge in [-0.3, -0.25) is 14.4 Å². The number of unbranched alkanes of at least 4 members (excludes halogenated alkanes) is 3. The topological polar surface area (TPSA) is 96.4 Å². The van der Waals surface area contributed by atoms with Crippen LogP contribution in [-0.4, -0.2) is 71.3 Å². The Morgan fingerprint density at radius 2 is 1.93 bits per heavy atom. The fourth-order valence-electron chi connectivity index (χ4n) is 6.86. The summed E-state index contributed by atoms with van der Waals surface area (Å²) in [6.45, 7) is 10.3. The van der Waals surface area contributed by atoms with Gasteiger partial charge in [0.05, 0.1) is 18.1 Å². The third-order valence-corrected chi connectivity index (χ3v) is 8.99. The number of anilines is 1. The number of amides is 2. The number of fused-ring (bicyclic) bond motifs is 1. The molecule has 218 valence electrons. The number of aliphatic hydroxyl groups excluding tert-OH is 1. The van der Waals surface area contributed by atoms with E-state index >= 15 is 0 Å². The third kappa shape index (κ3) is 5.33. The Bertz CT molecular complexity index is 1110. The Labute approximate surface area is 241 Å². The van der Waals surface area contributed by atoms with Crippen LogP contribution < -0.4 is 4.90 Å². The second-order valence-corrected chi connectivity index (χ2v) is 11.4. The number of nitrogens with zero attached hydrogens (tertiary/aromatic N) is 2. The summed E-state index contributed by atoms with van der Waals surface area (Å²) < 4.78 is 12.5. The van der Waals surface area contributed by atoms with Crippen molar-refractivity contribution in [2.45, 2.75) is 75.5 Å². The Morgan fingerprint density at radius 3 is 2.58 bits per heavy atom. The van der Waals surface area contributed by atoms with Crippen LogP contribution in [0.2, 0.25) is 5.02 Å². The second kappa shape index (κ2) is 12.9. The van der Waals surface area contributed by atoms with E-state index in [1.165, 1.54) is 0 Å². The molecule has 3 fully saturated rings. The van der Waals surface area contributed by atoms with E-state index in [-0.39, 0.29) is 38.1 Å². The normalized spacial score (nSPS) is 28.4. The van der Waals surface area contributed by atoms with Gasteiger partial charge in [-0.05, 0) is 75.6 Å². The zero-order chi connectivity index (χ0) is 28.9. The van der Waals surface area contributed by atoms with Gasteiger partial charge >= 0.3 is 5.97 Å². The Kier molecular flexibility index (Phi) is 9.75. The van der Waals surface area contributed by atoms with Crippen molar-refractivity contribution in [2.75, 3.05) is 31.2 Å². The first kappa shape index (κ1) is 30.3. The predicted octanol–water partition coefficient (Wildman–Crippen LogP) is 4.69. The van der Waals surface area contributed by atoms with Gasteiger partial charge in [0.25, 0.3) is 5.91 Å². The highest BCUT2D eigenvalue weighted by molar-refractivity contribution is 6.30. The van der Waals surface area contributed by atoms with Gasteiger partial charge in [-0.15, -0.1) is 13.2 Å². The number of carbonyl (C=O) groups is 3. The van der Waals surface area contributed by atoms with Gasteiger partial charge in [-0.2, -0.15) is 0 Å². The van der Waals surface area contributed by atoms with Crippen molar-refractivity contribution in [3.63, 3.8) is 0 Å². The summed E-state index contributed by atoms with van der Waals surface area (Å²) in [4.78, 5) is 45.4. The summed E-state index contributed by atoms with van der Waals surface area (Å²) in [5.74, 6) is -2.55. The number of esters is 1. The van der Waals surface area contributed by atoms with Crippen molar-refractivity contribution in [2.24, 2.45) is 11.8 Å². The second-order valence-electron chi connectivity index (χ2n) is 11.0. The molecule has 1 spiro atoms. The number of likely N-dealkylation sites (tertiary alicyclic amines) is 1. The van der Waals surface area contributed by atoms with E-state index in [4.69, 9.17) is 21.1 Å². The summed E-state index contributed by atoms with van der Waals surface area (Å²) in [6.07, 6.45) is 8.50. The number of halogens is 1. The SMILES string of the molecule is C=CCCCCOC(=O)[C@H]1[C@H]2C(=O)N(CCCCO)C(C(=O)N(CC=C)c3ccc(Cl)cc3)C23CC[C@]1(CC)O3. The van der Waals surface area contributed by atoms with Crippen LogP contribution in [0.15, 0.2) is 49.6 Å². The molecular weight excluding hydrogens is 532 g/mol. The molecule has 0 saturated carbocycles. The number of allylic oxidation sites excluding steroid dienone is 1. The molecule has 4 rings (SSSR count). The average Bonchev–Trinajstić information content (AvgIpc) is 3.55. The molecule has 1 N–H and O–H groups in total. The molecule has 0 aromatic heterocycles. The van der Waals surface area contributed by atoms with Crippen LogP contribution >= 0.6 is 11.6 Å². The van der Waals surface area contributed by atoms with Gasteiger partial charge in [0.2, 0.25) is 5.91 Å². The summed E-state index contributed by atoms with van der Waals surface area (Å²) in [5, 5.41) is 9.95. The highest BCUT2D eigenvalue weighted by Gasteiger charge is 2.79.